The number of aliphatic hydroxyl groups excluding tert-OH is 2. The number of hydrogen-bond donors (Lipinski definition) is 6. The summed E-state index contributed by atoms with van der Waals surface area (Å²) in [4.78, 5) is 33.4. The van der Waals surface area contributed by atoms with Crippen molar-refractivity contribution in [3.05, 3.63) is 103 Å². The highest BCUT2D eigenvalue weighted by atomic mass is 16.3. The van der Waals surface area contributed by atoms with E-state index in [4.69, 9.17) is 15.7 Å². The zero-order chi connectivity index (χ0) is 32.3. The number of nitrogens with one attached hydrogen (secondary N) is 3. The minimum atomic E-state index is -1.06. The molecule has 2 fully saturated rings. The number of hydrogen-bond acceptors (Lipinski definition) is 10. The number of anilines is 3. The summed E-state index contributed by atoms with van der Waals surface area (Å²) >= 11 is 0. The van der Waals surface area contributed by atoms with E-state index in [2.05, 4.69) is 50.2 Å². The van der Waals surface area contributed by atoms with Crippen molar-refractivity contribution in [3.8, 4) is 0 Å². The molecule has 13 nitrogen and oxygen atoms in total. The summed E-state index contributed by atoms with van der Waals surface area (Å²) in [5.74, 6) is 1.08. The molecule has 0 bridgehead atoms. The molecule has 3 aromatic heterocycles. The van der Waals surface area contributed by atoms with Crippen LogP contribution in [0.5, 0.6) is 0 Å². The topological polar surface area (TPSA) is 179 Å². The van der Waals surface area contributed by atoms with Crippen molar-refractivity contribution in [2.75, 3.05) is 35.2 Å². The van der Waals surface area contributed by atoms with Crippen LogP contribution in [-0.4, -0.2) is 84.7 Å². The van der Waals surface area contributed by atoms with Crippen molar-refractivity contribution in [1.82, 2.24) is 29.8 Å². The van der Waals surface area contributed by atoms with Gasteiger partial charge in [0.25, 0.3) is 0 Å². The zero-order valence-corrected chi connectivity index (χ0v) is 25.7. The van der Waals surface area contributed by atoms with Gasteiger partial charge >= 0.3 is 6.03 Å². The average molecular weight is 635 g/mol. The van der Waals surface area contributed by atoms with Crippen LogP contribution in [0.2, 0.25) is 0 Å². The van der Waals surface area contributed by atoms with Gasteiger partial charge in [0.15, 0.2) is 17.0 Å². The molecule has 5 aromatic rings. The number of benzene rings is 2. The zero-order valence-electron chi connectivity index (χ0n) is 25.7. The van der Waals surface area contributed by atoms with Crippen molar-refractivity contribution in [3.63, 3.8) is 0 Å². The second kappa shape index (κ2) is 13.3. The molecular formula is C34H38N10O3. The van der Waals surface area contributed by atoms with Gasteiger partial charge in [-0.3, -0.25) is 4.98 Å². The van der Waals surface area contributed by atoms with Crippen LogP contribution in [-0.2, 0) is 0 Å². The van der Waals surface area contributed by atoms with Crippen LogP contribution in [0.4, 0.5) is 22.2 Å². The second-order valence-corrected chi connectivity index (χ2v) is 12.2. The number of aromatic nitrogens is 5. The van der Waals surface area contributed by atoms with Gasteiger partial charge in [-0.1, -0.05) is 60.7 Å². The summed E-state index contributed by atoms with van der Waals surface area (Å²) in [6.07, 6.45) is 3.85. The third kappa shape index (κ3) is 6.45. The first-order valence-corrected chi connectivity index (χ1v) is 15.9. The minimum Gasteiger partial charge on any atom is -0.389 e. The summed E-state index contributed by atoms with van der Waals surface area (Å²) in [7, 11) is 0. The highest BCUT2D eigenvalue weighted by Gasteiger charge is 2.41. The van der Waals surface area contributed by atoms with Crippen molar-refractivity contribution in [2.45, 2.75) is 49.1 Å². The molecule has 1 saturated carbocycles. The van der Waals surface area contributed by atoms with Gasteiger partial charge in [0.2, 0.25) is 5.95 Å². The number of carbonyl (C=O) groups excluding carboxylic acids is 1. The number of pyridine rings is 1. The molecule has 1 aliphatic carbocycles. The lowest BCUT2D eigenvalue weighted by molar-refractivity contribution is 0.0187. The molecule has 2 amide bonds. The van der Waals surface area contributed by atoms with Gasteiger partial charge in [-0.25, -0.2) is 9.78 Å². The Bertz CT molecular complexity index is 1770. The lowest BCUT2D eigenvalue weighted by atomic mass is 9.91. The largest absolute Gasteiger partial charge is 0.389 e. The maximum absolute atomic E-state index is 12.7. The molecule has 0 radical (unpaired) electrons. The smallest absolute Gasteiger partial charge is 0.319 e. The van der Waals surface area contributed by atoms with Crippen LogP contribution in [0.25, 0.3) is 11.2 Å². The summed E-state index contributed by atoms with van der Waals surface area (Å²) in [5, 5.41) is 30.7. The Kier molecular flexibility index (Phi) is 8.66. The first-order chi connectivity index (χ1) is 22.9. The fraction of sp³-hybridized carbons (Fsp3) is 0.324. The van der Waals surface area contributed by atoms with E-state index in [1.54, 1.807) is 35.4 Å². The molecule has 5 unspecified atom stereocenters. The molecule has 242 valence electrons. The first kappa shape index (κ1) is 30.5. The van der Waals surface area contributed by atoms with Gasteiger partial charge in [-0.05, 0) is 36.1 Å². The van der Waals surface area contributed by atoms with Gasteiger partial charge < -0.3 is 41.4 Å². The van der Waals surface area contributed by atoms with Crippen molar-refractivity contribution in [2.24, 2.45) is 5.73 Å². The van der Waals surface area contributed by atoms with E-state index in [-0.39, 0.29) is 18.0 Å². The molecule has 2 aliphatic rings. The molecular weight excluding hydrogens is 596 g/mol. The van der Waals surface area contributed by atoms with E-state index < -0.39 is 24.3 Å². The summed E-state index contributed by atoms with van der Waals surface area (Å²) in [6.45, 7) is 1.68. The lowest BCUT2D eigenvalue weighted by Crippen LogP contribution is -2.40. The van der Waals surface area contributed by atoms with Crippen LogP contribution >= 0.6 is 0 Å². The first-order valence-electron chi connectivity index (χ1n) is 15.9. The highest BCUT2D eigenvalue weighted by molar-refractivity contribution is 5.89. The van der Waals surface area contributed by atoms with E-state index in [1.807, 2.05) is 41.3 Å². The number of rotatable bonds is 9. The van der Waals surface area contributed by atoms with Crippen LogP contribution in [0, 0.1) is 0 Å². The van der Waals surface area contributed by atoms with Crippen molar-refractivity contribution < 1.29 is 15.0 Å². The Morgan fingerprint density at radius 3 is 2.38 bits per heavy atom. The number of carbonyl (C=O) groups is 1. The van der Waals surface area contributed by atoms with Gasteiger partial charge in [0, 0.05) is 43.8 Å². The standard InChI is InChI=1S/C34H38N10O3/c35-26-16-27(30(46)29(26)45)44-20-38-28-31(37-18-25(21-8-3-1-4-9-21)22-10-5-2-6-11-22)41-33(42-32(28)44)43-15-13-24(19-43)40-34(47)39-23-12-7-14-36-17-23/h1-12,14,17,20,24-27,29-30,45-46H,13,15-16,18-19,35H2,(H,37,41,42)(H2,39,40,47). The van der Waals surface area contributed by atoms with Crippen LogP contribution in [0.15, 0.2) is 91.5 Å². The maximum atomic E-state index is 12.7. The van der Waals surface area contributed by atoms with E-state index in [1.165, 1.54) is 0 Å². The van der Waals surface area contributed by atoms with Gasteiger partial charge in [0.1, 0.15) is 6.10 Å². The van der Waals surface area contributed by atoms with E-state index >= 15 is 0 Å². The number of urea groups is 1. The number of aliphatic hydroxyl groups is 2. The molecule has 7 rings (SSSR count). The fourth-order valence-corrected chi connectivity index (χ4v) is 6.58. The second-order valence-electron chi connectivity index (χ2n) is 12.2. The van der Waals surface area contributed by atoms with Gasteiger partial charge in [-0.15, -0.1) is 0 Å². The quantitative estimate of drug-likeness (QED) is 0.141. The molecule has 1 aliphatic heterocycles. The third-order valence-corrected chi connectivity index (χ3v) is 9.07. The average Bonchev–Trinajstić information content (AvgIpc) is 3.81. The number of nitrogens with two attached hydrogens (primary N) is 1. The van der Waals surface area contributed by atoms with Crippen LogP contribution in [0.1, 0.15) is 35.9 Å². The Balaban J connectivity index is 1.18. The molecule has 5 atom stereocenters. The SMILES string of the molecule is NC1CC(n2cnc3c(NCC(c4ccccc4)c4ccccc4)nc(N4CCC(NC(=O)Nc5cccnc5)C4)nc32)C(O)C1O. The van der Waals surface area contributed by atoms with Crippen LogP contribution in [0.3, 0.4) is 0 Å². The third-order valence-electron chi connectivity index (χ3n) is 9.07. The monoisotopic (exact) mass is 634 g/mol. The molecule has 47 heavy (non-hydrogen) atoms. The van der Waals surface area contributed by atoms with Crippen molar-refractivity contribution >= 4 is 34.6 Å². The summed E-state index contributed by atoms with van der Waals surface area (Å²) in [5.41, 5.74) is 10.2. The maximum Gasteiger partial charge on any atom is 0.319 e. The Labute approximate surface area is 271 Å². The van der Waals surface area contributed by atoms with Gasteiger partial charge in [0.05, 0.1) is 30.4 Å². The number of fused-ring (bicyclic) bond motifs is 1. The Morgan fingerprint density at radius 1 is 0.979 bits per heavy atom. The number of nitrogens with zero attached hydrogens (tertiary/aromatic N) is 6. The Morgan fingerprint density at radius 2 is 1.72 bits per heavy atom. The molecule has 4 heterocycles. The number of imidazole rings is 1. The van der Waals surface area contributed by atoms with E-state index in [0.717, 1.165) is 11.1 Å². The van der Waals surface area contributed by atoms with E-state index in [0.29, 0.717) is 61.1 Å². The summed E-state index contributed by atoms with van der Waals surface area (Å²) in [6, 6.07) is 22.7. The molecule has 13 heteroatoms. The number of amides is 2. The fourth-order valence-electron chi connectivity index (χ4n) is 6.58. The molecule has 2 aromatic carbocycles. The predicted molar refractivity (Wildman–Crippen MR) is 179 cm³/mol. The predicted octanol–water partition coefficient (Wildman–Crippen LogP) is 2.86. The Hall–Kier alpha value is -5.11. The summed E-state index contributed by atoms with van der Waals surface area (Å²) < 4.78 is 1.80. The lowest BCUT2D eigenvalue weighted by Gasteiger charge is -2.22. The van der Waals surface area contributed by atoms with E-state index in [9.17, 15) is 15.0 Å². The van der Waals surface area contributed by atoms with Crippen molar-refractivity contribution in [1.29, 1.82) is 0 Å². The van der Waals surface area contributed by atoms with Crippen LogP contribution < -0.4 is 26.6 Å². The van der Waals surface area contributed by atoms with Gasteiger partial charge in [-0.2, -0.15) is 9.97 Å². The molecule has 7 N–H and O–H groups in total. The molecule has 1 saturated heterocycles. The normalized spacial score (nSPS) is 22.6. The minimum absolute atomic E-state index is 0.0384. The molecule has 0 spiro atoms. The highest BCUT2D eigenvalue weighted by Crippen LogP contribution is 2.35.